The number of alkyl halides is 3. The van der Waals surface area contributed by atoms with E-state index in [0.29, 0.717) is 25.7 Å². The van der Waals surface area contributed by atoms with Crippen molar-refractivity contribution in [1.29, 1.82) is 0 Å². The number of benzene rings is 1. The zero-order chi connectivity index (χ0) is 20.1. The van der Waals surface area contributed by atoms with E-state index < -0.39 is 41.7 Å². The fraction of sp³-hybridized carbons (Fsp3) is 0.500. The lowest BCUT2D eigenvalue weighted by Crippen LogP contribution is -2.39. The molecule has 0 aliphatic heterocycles. The number of imide groups is 1. The van der Waals surface area contributed by atoms with Gasteiger partial charge in [-0.25, -0.2) is 4.79 Å². The lowest BCUT2D eigenvalue weighted by Gasteiger charge is -2.27. The molecule has 1 aliphatic carbocycles. The van der Waals surface area contributed by atoms with Gasteiger partial charge in [-0.3, -0.25) is 14.9 Å². The summed E-state index contributed by atoms with van der Waals surface area (Å²) in [6.07, 6.45) is -3.54. The second-order valence-corrected chi connectivity index (χ2v) is 6.21. The van der Waals surface area contributed by atoms with Crippen LogP contribution in [0.25, 0.3) is 0 Å². The highest BCUT2D eigenvalue weighted by Crippen LogP contribution is 2.43. The van der Waals surface area contributed by atoms with Crippen molar-refractivity contribution in [1.82, 2.24) is 5.32 Å². The maximum absolute atomic E-state index is 13.0. The molecule has 6 nitrogen and oxygen atoms in total. The molecule has 1 aromatic carbocycles. The predicted octanol–water partition coefficient (Wildman–Crippen LogP) is 3.33. The molecular formula is C18H20F3NO5. The van der Waals surface area contributed by atoms with E-state index in [1.54, 1.807) is 6.92 Å². The molecule has 0 spiro atoms. The molecule has 0 aromatic heterocycles. The van der Waals surface area contributed by atoms with Crippen LogP contribution in [0, 0.1) is 0 Å². The predicted molar refractivity (Wildman–Crippen MR) is 87.7 cm³/mol. The van der Waals surface area contributed by atoms with E-state index in [2.05, 4.69) is 4.74 Å². The molecule has 1 saturated carbocycles. The summed E-state index contributed by atoms with van der Waals surface area (Å²) in [5, 5.41) is 1.88. The highest BCUT2D eigenvalue weighted by Gasteiger charge is 2.45. The van der Waals surface area contributed by atoms with Crippen LogP contribution in [0.4, 0.5) is 18.0 Å². The number of alkyl carbamates (subject to hydrolysis) is 1. The van der Waals surface area contributed by atoms with Crippen molar-refractivity contribution in [3.63, 3.8) is 0 Å². The van der Waals surface area contributed by atoms with Gasteiger partial charge in [0.05, 0.1) is 17.6 Å². The van der Waals surface area contributed by atoms with Crippen LogP contribution in [-0.4, -0.2) is 31.2 Å². The Morgan fingerprint density at radius 3 is 2.41 bits per heavy atom. The molecule has 1 aromatic rings. The molecule has 0 unspecified atom stereocenters. The standard InChI is InChI=1S/C18H20F3NO5/c1-2-26-16(25)22-14(23)11-27-15(24)17(8-3-4-9-17)12-6-5-7-13(10-12)18(19,20)21/h5-7,10H,2-4,8-9,11H2,1H3,(H,22,23,25). The minimum absolute atomic E-state index is 0.0670. The molecule has 0 bridgehead atoms. The van der Waals surface area contributed by atoms with Crippen molar-refractivity contribution in [2.45, 2.75) is 44.2 Å². The van der Waals surface area contributed by atoms with E-state index in [4.69, 9.17) is 4.74 Å². The van der Waals surface area contributed by atoms with Crippen LogP contribution in [0.2, 0.25) is 0 Å². The summed E-state index contributed by atoms with van der Waals surface area (Å²) >= 11 is 0. The number of halogens is 3. The molecule has 1 N–H and O–H groups in total. The smallest absolute Gasteiger partial charge is 0.416 e. The zero-order valence-corrected chi connectivity index (χ0v) is 14.7. The summed E-state index contributed by atoms with van der Waals surface area (Å²) in [4.78, 5) is 35.5. The van der Waals surface area contributed by atoms with Gasteiger partial charge in [0.25, 0.3) is 5.91 Å². The van der Waals surface area contributed by atoms with Gasteiger partial charge in [-0.15, -0.1) is 0 Å². The normalized spacial score (nSPS) is 15.9. The van der Waals surface area contributed by atoms with Gasteiger partial charge in [0.2, 0.25) is 0 Å². The van der Waals surface area contributed by atoms with Crippen molar-refractivity contribution in [2.75, 3.05) is 13.2 Å². The summed E-state index contributed by atoms with van der Waals surface area (Å²) in [5.74, 6) is -1.66. The minimum Gasteiger partial charge on any atom is -0.455 e. The Morgan fingerprint density at radius 1 is 1.15 bits per heavy atom. The minimum atomic E-state index is -4.53. The molecule has 0 atom stereocenters. The topological polar surface area (TPSA) is 81.7 Å². The molecule has 1 aliphatic rings. The highest BCUT2D eigenvalue weighted by molar-refractivity contribution is 5.94. The Balaban J connectivity index is 2.13. The number of amides is 2. The number of nitrogens with one attached hydrogen (secondary N) is 1. The van der Waals surface area contributed by atoms with Gasteiger partial charge in [-0.1, -0.05) is 31.0 Å². The van der Waals surface area contributed by atoms with E-state index in [9.17, 15) is 27.6 Å². The van der Waals surface area contributed by atoms with Crippen molar-refractivity contribution in [3.8, 4) is 0 Å². The van der Waals surface area contributed by atoms with Gasteiger partial charge in [0, 0.05) is 0 Å². The van der Waals surface area contributed by atoms with Crippen LogP contribution in [0.5, 0.6) is 0 Å². The number of rotatable bonds is 5. The van der Waals surface area contributed by atoms with E-state index in [0.717, 1.165) is 12.1 Å². The van der Waals surface area contributed by atoms with E-state index in [1.807, 2.05) is 5.32 Å². The molecule has 27 heavy (non-hydrogen) atoms. The van der Waals surface area contributed by atoms with Crippen LogP contribution in [0.15, 0.2) is 24.3 Å². The van der Waals surface area contributed by atoms with E-state index in [1.165, 1.54) is 12.1 Å². The van der Waals surface area contributed by atoms with Crippen molar-refractivity contribution >= 4 is 18.0 Å². The maximum atomic E-state index is 13.0. The van der Waals surface area contributed by atoms with E-state index >= 15 is 0 Å². The largest absolute Gasteiger partial charge is 0.455 e. The number of esters is 1. The maximum Gasteiger partial charge on any atom is 0.416 e. The SMILES string of the molecule is CCOC(=O)NC(=O)COC(=O)C1(c2cccc(C(F)(F)F)c2)CCCC1. The molecule has 2 rings (SSSR count). The summed E-state index contributed by atoms with van der Waals surface area (Å²) in [6.45, 7) is 0.902. The Morgan fingerprint density at radius 2 is 1.81 bits per heavy atom. The van der Waals surface area contributed by atoms with Crippen LogP contribution < -0.4 is 5.32 Å². The molecule has 9 heteroatoms. The summed E-state index contributed by atoms with van der Waals surface area (Å²) < 4.78 is 48.6. The summed E-state index contributed by atoms with van der Waals surface area (Å²) in [5.41, 5.74) is -1.87. The molecule has 2 amide bonds. The third-order valence-electron chi connectivity index (χ3n) is 4.44. The van der Waals surface area contributed by atoms with Crippen molar-refractivity contribution < 1.29 is 37.0 Å². The van der Waals surface area contributed by atoms with Crippen LogP contribution in [0.1, 0.15) is 43.7 Å². The van der Waals surface area contributed by atoms with Crippen molar-refractivity contribution in [3.05, 3.63) is 35.4 Å². The summed E-state index contributed by atoms with van der Waals surface area (Å²) in [6, 6.07) is 4.59. The lowest BCUT2D eigenvalue weighted by atomic mass is 9.78. The van der Waals surface area contributed by atoms with Gasteiger partial charge in [0.15, 0.2) is 6.61 Å². The van der Waals surface area contributed by atoms with Gasteiger partial charge in [-0.2, -0.15) is 13.2 Å². The Bertz CT molecular complexity index is 711. The quantitative estimate of drug-likeness (QED) is 0.784. The Hall–Kier alpha value is -2.58. The molecule has 148 valence electrons. The number of ether oxygens (including phenoxy) is 2. The van der Waals surface area contributed by atoms with Gasteiger partial charge in [0.1, 0.15) is 0 Å². The van der Waals surface area contributed by atoms with Gasteiger partial charge >= 0.3 is 18.2 Å². The Labute approximate surface area is 154 Å². The van der Waals surface area contributed by atoms with Crippen molar-refractivity contribution in [2.24, 2.45) is 0 Å². The molecule has 1 fully saturated rings. The third-order valence-corrected chi connectivity index (χ3v) is 4.44. The fourth-order valence-electron chi connectivity index (χ4n) is 3.17. The molecule has 0 saturated heterocycles. The number of hydrogen-bond acceptors (Lipinski definition) is 5. The number of carbonyl (C=O) groups excluding carboxylic acids is 3. The van der Waals surface area contributed by atoms with Gasteiger partial charge < -0.3 is 9.47 Å². The zero-order valence-electron chi connectivity index (χ0n) is 14.7. The van der Waals surface area contributed by atoms with Crippen LogP contribution in [0.3, 0.4) is 0 Å². The average molecular weight is 387 g/mol. The summed E-state index contributed by atoms with van der Waals surface area (Å²) in [7, 11) is 0. The number of hydrogen-bond donors (Lipinski definition) is 1. The van der Waals surface area contributed by atoms with Crippen LogP contribution in [-0.2, 0) is 30.7 Å². The van der Waals surface area contributed by atoms with E-state index in [-0.39, 0.29) is 12.2 Å². The third kappa shape index (κ3) is 4.99. The fourth-order valence-corrected chi connectivity index (χ4v) is 3.17. The molecule has 0 heterocycles. The molecular weight excluding hydrogens is 367 g/mol. The molecule has 0 radical (unpaired) electrons. The monoisotopic (exact) mass is 387 g/mol. The lowest BCUT2D eigenvalue weighted by molar-refractivity contribution is -0.154. The first-order valence-corrected chi connectivity index (χ1v) is 8.50. The number of carbonyl (C=O) groups is 3. The first kappa shape index (κ1) is 20.7. The second kappa shape index (κ2) is 8.41. The highest BCUT2D eigenvalue weighted by atomic mass is 19.4. The Kier molecular flexibility index (Phi) is 6.45. The first-order chi connectivity index (χ1) is 12.7. The second-order valence-electron chi connectivity index (χ2n) is 6.21. The van der Waals surface area contributed by atoms with Crippen LogP contribution >= 0.6 is 0 Å². The first-order valence-electron chi connectivity index (χ1n) is 8.50. The average Bonchev–Trinajstić information content (AvgIpc) is 3.10. The van der Waals surface area contributed by atoms with Gasteiger partial charge in [-0.05, 0) is 31.4 Å².